The number of hydrogen-bond donors (Lipinski definition) is 3. The summed E-state index contributed by atoms with van der Waals surface area (Å²) in [7, 11) is 0. The fraction of sp³-hybridized carbons (Fsp3) is 0.105. The molecule has 28 heavy (non-hydrogen) atoms. The van der Waals surface area contributed by atoms with E-state index in [0.717, 1.165) is 23.1 Å². The summed E-state index contributed by atoms with van der Waals surface area (Å²) in [5.74, 6) is -5.37. The third kappa shape index (κ3) is 3.83. The summed E-state index contributed by atoms with van der Waals surface area (Å²) < 4.78 is 26.8. The van der Waals surface area contributed by atoms with Gasteiger partial charge in [-0.1, -0.05) is 12.1 Å². The highest BCUT2D eigenvalue weighted by molar-refractivity contribution is 6.17. The molecule has 0 spiro atoms. The zero-order valence-electron chi connectivity index (χ0n) is 14.4. The van der Waals surface area contributed by atoms with E-state index in [2.05, 4.69) is 5.32 Å². The zero-order chi connectivity index (χ0) is 20.4. The molecule has 0 saturated carbocycles. The third-order valence-electron chi connectivity index (χ3n) is 4.14. The van der Waals surface area contributed by atoms with Gasteiger partial charge in [0.05, 0.1) is 0 Å². The number of imide groups is 1. The standard InChI is InChI=1S/C19H15F2N3O4/c20-13-7-12(8-14(21)17(13)26)23-15-9-16(25)24(19(15)28)5-4-10-2-1-3-11(6-10)18(22)27/h1-3,6-9,23,26H,4-5H2,(H2,22,27). The molecule has 7 nitrogen and oxygen atoms in total. The maximum Gasteiger partial charge on any atom is 0.277 e. The van der Waals surface area contributed by atoms with E-state index in [4.69, 9.17) is 10.8 Å². The molecule has 1 heterocycles. The van der Waals surface area contributed by atoms with Gasteiger partial charge in [0.15, 0.2) is 17.4 Å². The highest BCUT2D eigenvalue weighted by Crippen LogP contribution is 2.26. The van der Waals surface area contributed by atoms with Crippen molar-refractivity contribution < 1.29 is 28.3 Å². The molecular weight excluding hydrogens is 372 g/mol. The van der Waals surface area contributed by atoms with E-state index in [1.807, 2.05) is 0 Å². The Bertz CT molecular complexity index is 997. The van der Waals surface area contributed by atoms with Crippen LogP contribution in [0.3, 0.4) is 0 Å². The molecule has 1 aliphatic heterocycles. The zero-order valence-corrected chi connectivity index (χ0v) is 14.4. The van der Waals surface area contributed by atoms with E-state index < -0.39 is 35.1 Å². The van der Waals surface area contributed by atoms with Crippen molar-refractivity contribution in [3.63, 3.8) is 0 Å². The molecule has 144 valence electrons. The van der Waals surface area contributed by atoms with E-state index in [1.165, 1.54) is 0 Å². The minimum Gasteiger partial charge on any atom is -0.503 e. The number of halogens is 2. The van der Waals surface area contributed by atoms with Crippen LogP contribution < -0.4 is 11.1 Å². The summed E-state index contributed by atoms with van der Waals surface area (Å²) >= 11 is 0. The average molecular weight is 387 g/mol. The number of rotatable bonds is 6. The molecule has 9 heteroatoms. The highest BCUT2D eigenvalue weighted by atomic mass is 19.1. The number of primary amides is 1. The van der Waals surface area contributed by atoms with Gasteiger partial charge in [0.2, 0.25) is 5.91 Å². The second-order valence-corrected chi connectivity index (χ2v) is 6.08. The lowest BCUT2D eigenvalue weighted by atomic mass is 10.1. The van der Waals surface area contributed by atoms with Gasteiger partial charge < -0.3 is 16.2 Å². The number of phenolic OH excluding ortho intramolecular Hbond substituents is 1. The summed E-state index contributed by atoms with van der Waals surface area (Å²) in [6.45, 7) is 0.0415. The summed E-state index contributed by atoms with van der Waals surface area (Å²) in [4.78, 5) is 36.7. The second-order valence-electron chi connectivity index (χ2n) is 6.08. The number of anilines is 1. The van der Waals surface area contributed by atoms with Crippen molar-refractivity contribution in [2.75, 3.05) is 11.9 Å². The lowest BCUT2D eigenvalue weighted by Gasteiger charge is -2.15. The predicted molar refractivity (Wildman–Crippen MR) is 95.1 cm³/mol. The van der Waals surface area contributed by atoms with Gasteiger partial charge in [-0.15, -0.1) is 0 Å². The first-order chi connectivity index (χ1) is 13.3. The van der Waals surface area contributed by atoms with E-state index in [0.29, 0.717) is 17.5 Å². The van der Waals surface area contributed by atoms with E-state index in [-0.39, 0.29) is 17.9 Å². The van der Waals surface area contributed by atoms with Crippen LogP contribution >= 0.6 is 0 Å². The number of hydrogen-bond acceptors (Lipinski definition) is 5. The van der Waals surface area contributed by atoms with Gasteiger partial charge in [0.1, 0.15) is 5.70 Å². The van der Waals surface area contributed by atoms with Gasteiger partial charge in [0, 0.05) is 36.0 Å². The number of amides is 3. The van der Waals surface area contributed by atoms with Crippen molar-refractivity contribution in [2.24, 2.45) is 5.73 Å². The van der Waals surface area contributed by atoms with Crippen molar-refractivity contribution in [1.29, 1.82) is 0 Å². The van der Waals surface area contributed by atoms with Crippen LogP contribution in [0.1, 0.15) is 15.9 Å². The van der Waals surface area contributed by atoms with E-state index >= 15 is 0 Å². The Hall–Kier alpha value is -3.75. The molecule has 0 aliphatic carbocycles. The quantitative estimate of drug-likeness (QED) is 0.516. The maximum absolute atomic E-state index is 13.4. The SMILES string of the molecule is NC(=O)c1cccc(CCN2C(=O)C=C(Nc3cc(F)c(O)c(F)c3)C2=O)c1. The lowest BCUT2D eigenvalue weighted by molar-refractivity contribution is -0.137. The molecule has 0 radical (unpaired) electrons. The lowest BCUT2D eigenvalue weighted by Crippen LogP contribution is -2.34. The fourth-order valence-electron chi connectivity index (χ4n) is 2.72. The van der Waals surface area contributed by atoms with E-state index in [9.17, 15) is 23.2 Å². The largest absolute Gasteiger partial charge is 0.503 e. The van der Waals surface area contributed by atoms with Crippen molar-refractivity contribution in [3.05, 3.63) is 70.9 Å². The van der Waals surface area contributed by atoms with Gasteiger partial charge in [0.25, 0.3) is 11.8 Å². The van der Waals surface area contributed by atoms with Crippen LogP contribution in [0.4, 0.5) is 14.5 Å². The van der Waals surface area contributed by atoms with Gasteiger partial charge >= 0.3 is 0 Å². The predicted octanol–water partition coefficient (Wildman–Crippen LogP) is 1.68. The molecular formula is C19H15F2N3O4. The summed E-state index contributed by atoms with van der Waals surface area (Å²) in [6.07, 6.45) is 1.31. The van der Waals surface area contributed by atoms with Crippen molar-refractivity contribution in [3.8, 4) is 5.75 Å². The molecule has 0 saturated heterocycles. The second kappa shape index (κ2) is 7.47. The van der Waals surface area contributed by atoms with Crippen LogP contribution in [0.2, 0.25) is 0 Å². The molecule has 2 aromatic carbocycles. The van der Waals surface area contributed by atoms with E-state index in [1.54, 1.807) is 24.3 Å². The molecule has 0 aromatic heterocycles. The summed E-state index contributed by atoms with van der Waals surface area (Å²) in [5, 5.41) is 11.6. The number of nitrogens with one attached hydrogen (secondary N) is 1. The monoisotopic (exact) mass is 387 g/mol. The number of benzene rings is 2. The molecule has 2 aromatic rings. The van der Waals surface area contributed by atoms with Gasteiger partial charge in [-0.3, -0.25) is 19.3 Å². The molecule has 4 N–H and O–H groups in total. The number of carbonyl (C=O) groups excluding carboxylic acids is 3. The molecule has 3 amide bonds. The minimum absolute atomic E-state index is 0.0415. The Kier molecular flexibility index (Phi) is 5.08. The van der Waals surface area contributed by atoms with Crippen molar-refractivity contribution in [1.82, 2.24) is 4.90 Å². The third-order valence-corrected chi connectivity index (χ3v) is 4.14. The van der Waals surface area contributed by atoms with Crippen LogP contribution in [0.5, 0.6) is 5.75 Å². The van der Waals surface area contributed by atoms with Crippen LogP contribution in [-0.4, -0.2) is 34.3 Å². The topological polar surface area (TPSA) is 113 Å². The first-order valence-electron chi connectivity index (χ1n) is 8.17. The summed E-state index contributed by atoms with van der Waals surface area (Å²) in [5.41, 5.74) is 5.97. The Morgan fingerprint density at radius 1 is 1.14 bits per heavy atom. The Morgan fingerprint density at radius 2 is 1.82 bits per heavy atom. The normalized spacial score (nSPS) is 13.6. The fourth-order valence-corrected chi connectivity index (χ4v) is 2.72. The molecule has 3 rings (SSSR count). The van der Waals surface area contributed by atoms with Crippen LogP contribution in [0.25, 0.3) is 0 Å². The number of nitrogens with zero attached hydrogens (tertiary/aromatic N) is 1. The maximum atomic E-state index is 13.4. The van der Waals surface area contributed by atoms with Crippen LogP contribution in [-0.2, 0) is 16.0 Å². The molecule has 0 atom stereocenters. The van der Waals surface area contributed by atoms with Gasteiger partial charge in [-0.05, 0) is 24.1 Å². The Balaban J connectivity index is 1.68. The first-order valence-corrected chi connectivity index (χ1v) is 8.17. The smallest absolute Gasteiger partial charge is 0.277 e. The number of phenols is 1. The number of aromatic hydroxyl groups is 1. The number of nitrogens with two attached hydrogens (primary N) is 1. The van der Waals surface area contributed by atoms with Crippen LogP contribution in [0, 0.1) is 11.6 Å². The molecule has 0 bridgehead atoms. The van der Waals surface area contributed by atoms with Crippen molar-refractivity contribution >= 4 is 23.4 Å². The van der Waals surface area contributed by atoms with Gasteiger partial charge in [-0.25, -0.2) is 8.78 Å². The minimum atomic E-state index is -1.20. The average Bonchev–Trinajstić information content (AvgIpc) is 2.91. The Morgan fingerprint density at radius 3 is 2.46 bits per heavy atom. The molecule has 0 fully saturated rings. The highest BCUT2D eigenvalue weighted by Gasteiger charge is 2.31. The number of carbonyl (C=O) groups is 3. The molecule has 1 aliphatic rings. The Labute approximate surface area is 158 Å². The first kappa shape index (κ1) is 19.0. The van der Waals surface area contributed by atoms with Crippen molar-refractivity contribution in [2.45, 2.75) is 6.42 Å². The summed E-state index contributed by atoms with van der Waals surface area (Å²) in [6, 6.07) is 8.09. The van der Waals surface area contributed by atoms with Gasteiger partial charge in [-0.2, -0.15) is 0 Å². The molecule has 0 unspecified atom stereocenters. The van der Waals surface area contributed by atoms with Crippen LogP contribution in [0.15, 0.2) is 48.2 Å².